The molecule has 1 aliphatic heterocycles. The monoisotopic (exact) mass is 397 g/mol. The molecule has 1 aromatic heterocycles. The first-order valence-corrected chi connectivity index (χ1v) is 11.3. The minimum absolute atomic E-state index is 0.00653. The van der Waals surface area contributed by atoms with Crippen molar-refractivity contribution in [1.82, 2.24) is 15.5 Å². The molecule has 1 saturated heterocycles. The van der Waals surface area contributed by atoms with Crippen molar-refractivity contribution in [3.8, 4) is 0 Å². The summed E-state index contributed by atoms with van der Waals surface area (Å²) < 4.78 is 23.9. The third-order valence-electron chi connectivity index (χ3n) is 2.85. The average Bonchev–Trinajstić information content (AvgIpc) is 3.03. The number of carbonyl (C=O) groups excluding carboxylic acids is 1. The first-order valence-electron chi connectivity index (χ1n) is 6.65. The first-order chi connectivity index (χ1) is 10.8. The molecule has 0 aliphatic carbocycles. The lowest BCUT2D eigenvalue weighted by Gasteiger charge is -2.09. The van der Waals surface area contributed by atoms with Gasteiger partial charge < -0.3 is 10.4 Å². The largest absolute Gasteiger partial charge is 0.481 e. The number of carboxylic acid groups (broad SMARTS) is 1. The number of nitrogens with zero attached hydrogens (tertiary/aromatic N) is 2. The zero-order chi connectivity index (χ0) is 16.9. The number of hydrogen-bond acceptors (Lipinski definition) is 9. The summed E-state index contributed by atoms with van der Waals surface area (Å²) >= 11 is 3.84. The van der Waals surface area contributed by atoms with Crippen molar-refractivity contribution in [3.05, 3.63) is 0 Å². The molecule has 8 nitrogen and oxygen atoms in total. The molecule has 2 heterocycles. The fourth-order valence-electron chi connectivity index (χ4n) is 1.84. The second-order valence-electron chi connectivity index (χ2n) is 4.78. The van der Waals surface area contributed by atoms with Gasteiger partial charge in [-0.05, 0) is 6.42 Å². The number of aliphatic carboxylic acids is 1. The Hall–Kier alpha value is -0.850. The normalized spacial score (nSPS) is 19.6. The number of carbonyl (C=O) groups is 2. The van der Waals surface area contributed by atoms with Gasteiger partial charge in [-0.15, -0.1) is 10.2 Å². The molecule has 0 radical (unpaired) electrons. The Morgan fingerprint density at radius 2 is 2.00 bits per heavy atom. The molecule has 1 fully saturated rings. The smallest absolute Gasteiger partial charge is 0.304 e. The van der Waals surface area contributed by atoms with Crippen LogP contribution in [0.15, 0.2) is 8.68 Å². The van der Waals surface area contributed by atoms with E-state index in [0.717, 1.165) is 0 Å². The Balaban J connectivity index is 1.70. The average molecular weight is 398 g/mol. The fraction of sp³-hybridized carbons (Fsp3) is 0.636. The van der Waals surface area contributed by atoms with Crippen molar-refractivity contribution in [3.63, 3.8) is 0 Å². The van der Waals surface area contributed by atoms with E-state index >= 15 is 0 Å². The van der Waals surface area contributed by atoms with Crippen LogP contribution in [0.3, 0.4) is 0 Å². The lowest BCUT2D eigenvalue weighted by molar-refractivity contribution is -0.136. The number of carboxylic acids is 1. The lowest BCUT2D eigenvalue weighted by atomic mass is 10.3. The van der Waals surface area contributed by atoms with Gasteiger partial charge in [-0.1, -0.05) is 34.9 Å². The molecule has 1 aromatic rings. The highest BCUT2D eigenvalue weighted by atomic mass is 32.2. The minimum Gasteiger partial charge on any atom is -0.481 e. The zero-order valence-electron chi connectivity index (χ0n) is 11.9. The van der Waals surface area contributed by atoms with E-state index < -0.39 is 15.8 Å². The maximum absolute atomic E-state index is 11.8. The highest BCUT2D eigenvalue weighted by Gasteiger charge is 2.28. The lowest BCUT2D eigenvalue weighted by Crippen LogP contribution is -2.36. The van der Waals surface area contributed by atoms with Crippen molar-refractivity contribution in [2.75, 3.05) is 23.0 Å². The third kappa shape index (κ3) is 6.65. The molecule has 0 saturated carbocycles. The van der Waals surface area contributed by atoms with Crippen LogP contribution >= 0.6 is 34.9 Å². The maximum atomic E-state index is 11.8. The van der Waals surface area contributed by atoms with E-state index in [1.54, 1.807) is 0 Å². The van der Waals surface area contributed by atoms with E-state index in [9.17, 15) is 18.0 Å². The quantitative estimate of drug-likeness (QED) is 0.603. The van der Waals surface area contributed by atoms with Gasteiger partial charge in [-0.2, -0.15) is 0 Å². The minimum atomic E-state index is -3.01. The van der Waals surface area contributed by atoms with E-state index in [-0.39, 0.29) is 35.6 Å². The van der Waals surface area contributed by atoms with Crippen molar-refractivity contribution < 1.29 is 23.1 Å². The summed E-state index contributed by atoms with van der Waals surface area (Å²) in [6.07, 6.45) is 0.515. The Morgan fingerprint density at radius 3 is 2.61 bits per heavy atom. The second kappa shape index (κ2) is 8.31. The van der Waals surface area contributed by atoms with Crippen molar-refractivity contribution in [1.29, 1.82) is 0 Å². The molecule has 1 atom stereocenters. The second-order valence-corrected chi connectivity index (χ2v) is 10.6. The first kappa shape index (κ1) is 18.5. The number of amides is 1. The van der Waals surface area contributed by atoms with Crippen LogP contribution in [0, 0.1) is 0 Å². The van der Waals surface area contributed by atoms with Crippen LogP contribution in [-0.4, -0.2) is 64.7 Å². The van der Waals surface area contributed by atoms with E-state index in [2.05, 4.69) is 15.5 Å². The van der Waals surface area contributed by atoms with Crippen LogP contribution in [-0.2, 0) is 19.4 Å². The Morgan fingerprint density at radius 1 is 1.30 bits per heavy atom. The fourth-order valence-corrected chi connectivity index (χ4v) is 6.35. The van der Waals surface area contributed by atoms with Gasteiger partial charge in [0.2, 0.25) is 5.91 Å². The van der Waals surface area contributed by atoms with Gasteiger partial charge in [0.05, 0.1) is 23.7 Å². The molecule has 12 heteroatoms. The topological polar surface area (TPSA) is 126 Å². The summed E-state index contributed by atoms with van der Waals surface area (Å²) in [4.78, 5) is 22.2. The highest BCUT2D eigenvalue weighted by molar-refractivity contribution is 8.03. The van der Waals surface area contributed by atoms with Crippen molar-refractivity contribution in [2.24, 2.45) is 0 Å². The predicted octanol–water partition coefficient (Wildman–Crippen LogP) is 0.500. The Kier molecular flexibility index (Phi) is 6.68. The molecule has 1 aliphatic rings. The molecular weight excluding hydrogens is 382 g/mol. The van der Waals surface area contributed by atoms with E-state index in [1.807, 2.05) is 0 Å². The summed E-state index contributed by atoms with van der Waals surface area (Å²) in [6, 6.07) is -0.301. The zero-order valence-corrected chi connectivity index (χ0v) is 15.2. The summed E-state index contributed by atoms with van der Waals surface area (Å²) in [7, 11) is -3.01. The number of sulfone groups is 1. The number of hydrogen-bond donors (Lipinski definition) is 2. The van der Waals surface area contributed by atoms with Gasteiger partial charge in [0.1, 0.15) is 0 Å². The van der Waals surface area contributed by atoms with Gasteiger partial charge in [-0.3, -0.25) is 9.59 Å². The summed E-state index contributed by atoms with van der Waals surface area (Å²) in [5.74, 6) is -0.393. The number of rotatable bonds is 8. The van der Waals surface area contributed by atoms with Crippen molar-refractivity contribution in [2.45, 2.75) is 27.6 Å². The van der Waals surface area contributed by atoms with Crippen LogP contribution in [0.5, 0.6) is 0 Å². The van der Waals surface area contributed by atoms with Gasteiger partial charge in [0, 0.05) is 11.8 Å². The summed E-state index contributed by atoms with van der Waals surface area (Å²) in [5, 5.41) is 19.1. The molecule has 0 spiro atoms. The van der Waals surface area contributed by atoms with E-state index in [1.165, 1.54) is 34.9 Å². The molecule has 0 unspecified atom stereocenters. The SMILES string of the molecule is O=C(O)CCSc1nnc(SCC(=O)N[C@@H]2CCS(=O)(=O)C2)s1. The molecule has 0 bridgehead atoms. The molecule has 2 rings (SSSR count). The third-order valence-corrected chi connectivity index (χ3v) is 7.81. The van der Waals surface area contributed by atoms with Crippen LogP contribution in [0.25, 0.3) is 0 Å². The number of aromatic nitrogens is 2. The van der Waals surface area contributed by atoms with Gasteiger partial charge >= 0.3 is 5.97 Å². The number of nitrogens with one attached hydrogen (secondary N) is 1. The van der Waals surface area contributed by atoms with Crippen LogP contribution in [0.2, 0.25) is 0 Å². The molecule has 128 valence electrons. The summed E-state index contributed by atoms with van der Waals surface area (Å²) in [5.41, 5.74) is 0. The van der Waals surface area contributed by atoms with Gasteiger partial charge in [-0.25, -0.2) is 8.42 Å². The standard InChI is InChI=1S/C11H15N3O5S4/c15-8(12-7-2-4-23(18,19)6-7)5-21-11-14-13-10(22-11)20-3-1-9(16)17/h7H,1-6H2,(H,12,15)(H,16,17)/t7-/m1/s1. The molecule has 0 aromatic carbocycles. The predicted molar refractivity (Wildman–Crippen MR) is 88.8 cm³/mol. The molecular formula is C11H15N3O5S4. The Bertz CT molecular complexity index is 675. The summed E-state index contributed by atoms with van der Waals surface area (Å²) in [6.45, 7) is 0. The van der Waals surface area contributed by atoms with Crippen LogP contribution in [0.4, 0.5) is 0 Å². The highest BCUT2D eigenvalue weighted by Crippen LogP contribution is 2.29. The van der Waals surface area contributed by atoms with Gasteiger partial charge in [0.25, 0.3) is 0 Å². The van der Waals surface area contributed by atoms with Crippen molar-refractivity contribution >= 4 is 56.6 Å². The maximum Gasteiger partial charge on any atom is 0.304 e. The molecule has 1 amide bonds. The van der Waals surface area contributed by atoms with Crippen LogP contribution in [0.1, 0.15) is 12.8 Å². The molecule has 23 heavy (non-hydrogen) atoms. The van der Waals surface area contributed by atoms with E-state index in [4.69, 9.17) is 5.11 Å². The Labute approximate surface area is 145 Å². The van der Waals surface area contributed by atoms with E-state index in [0.29, 0.717) is 20.9 Å². The number of thioether (sulfide) groups is 2. The molecule has 2 N–H and O–H groups in total. The van der Waals surface area contributed by atoms with Gasteiger partial charge in [0.15, 0.2) is 18.5 Å². The van der Waals surface area contributed by atoms with Crippen LogP contribution < -0.4 is 5.32 Å².